The van der Waals surface area contributed by atoms with Crippen molar-refractivity contribution in [2.75, 3.05) is 5.32 Å². The van der Waals surface area contributed by atoms with Crippen LogP contribution < -0.4 is 11.1 Å². The molecule has 0 unspecified atom stereocenters. The maximum absolute atomic E-state index is 12.1. The van der Waals surface area contributed by atoms with Crippen LogP contribution >= 0.6 is 22.6 Å². The van der Waals surface area contributed by atoms with Crippen LogP contribution in [0.2, 0.25) is 0 Å². The Hall–Kier alpha value is -2.09. The Labute approximate surface area is 129 Å². The number of amides is 1. The van der Waals surface area contributed by atoms with Gasteiger partial charge in [-0.1, -0.05) is 23.4 Å². The number of nitrogens with one attached hydrogen (secondary N) is 1. The number of hydrogen-bond acceptors (Lipinski definition) is 3. The van der Waals surface area contributed by atoms with E-state index in [1.54, 1.807) is 24.3 Å². The first-order chi connectivity index (χ1) is 9.60. The van der Waals surface area contributed by atoms with Crippen LogP contribution in [0.5, 0.6) is 0 Å². The molecule has 0 bridgehead atoms. The van der Waals surface area contributed by atoms with Gasteiger partial charge in [-0.25, -0.2) is 0 Å². The third-order valence-electron chi connectivity index (χ3n) is 2.63. The Bertz CT molecular complexity index is 654. The van der Waals surface area contributed by atoms with Crippen LogP contribution in [0.4, 0.5) is 5.69 Å². The number of rotatable bonds is 3. The van der Waals surface area contributed by atoms with E-state index in [1.807, 2.05) is 24.3 Å². The molecule has 0 radical (unpaired) electrons. The molecule has 0 aliphatic carbocycles. The van der Waals surface area contributed by atoms with Gasteiger partial charge in [-0.05, 0) is 52.9 Å². The predicted octanol–water partition coefficient (Wildman–Crippen LogP) is 2.64. The largest absolute Gasteiger partial charge is 0.409 e. The Morgan fingerprint density at radius 3 is 2.40 bits per heavy atom. The molecule has 0 fully saturated rings. The van der Waals surface area contributed by atoms with Crippen molar-refractivity contribution in [3.63, 3.8) is 0 Å². The fourth-order valence-corrected chi connectivity index (χ4v) is 2.16. The molecule has 2 rings (SSSR count). The van der Waals surface area contributed by atoms with Crippen LogP contribution in [-0.4, -0.2) is 17.0 Å². The van der Waals surface area contributed by atoms with E-state index < -0.39 is 0 Å². The number of hydrogen-bond donors (Lipinski definition) is 3. The summed E-state index contributed by atoms with van der Waals surface area (Å²) in [6.45, 7) is 0. The minimum absolute atomic E-state index is 0.00886. The Morgan fingerprint density at radius 2 is 1.80 bits per heavy atom. The first-order valence-electron chi connectivity index (χ1n) is 5.75. The zero-order valence-corrected chi connectivity index (χ0v) is 12.5. The van der Waals surface area contributed by atoms with Crippen LogP contribution in [0.25, 0.3) is 0 Å². The maximum Gasteiger partial charge on any atom is 0.255 e. The van der Waals surface area contributed by atoms with Crippen molar-refractivity contribution in [3.8, 4) is 0 Å². The number of benzene rings is 2. The number of nitrogens with zero attached hydrogens (tertiary/aromatic N) is 1. The van der Waals surface area contributed by atoms with Crippen molar-refractivity contribution in [1.82, 2.24) is 0 Å². The van der Waals surface area contributed by atoms with Crippen LogP contribution in [0, 0.1) is 3.57 Å². The van der Waals surface area contributed by atoms with E-state index in [4.69, 9.17) is 10.9 Å². The Kier molecular flexibility index (Phi) is 4.57. The molecule has 20 heavy (non-hydrogen) atoms. The van der Waals surface area contributed by atoms with Gasteiger partial charge >= 0.3 is 0 Å². The highest BCUT2D eigenvalue weighted by Crippen LogP contribution is 2.14. The van der Waals surface area contributed by atoms with Gasteiger partial charge < -0.3 is 16.3 Å². The molecule has 0 saturated carbocycles. The smallest absolute Gasteiger partial charge is 0.255 e. The second-order valence-electron chi connectivity index (χ2n) is 4.03. The number of halogens is 1. The molecule has 0 heterocycles. The second-order valence-corrected chi connectivity index (χ2v) is 5.27. The van der Waals surface area contributed by atoms with E-state index in [1.165, 1.54) is 0 Å². The molecule has 0 atom stereocenters. The Morgan fingerprint density at radius 1 is 1.15 bits per heavy atom. The quantitative estimate of drug-likeness (QED) is 0.251. The van der Waals surface area contributed by atoms with Gasteiger partial charge in [0, 0.05) is 20.4 Å². The lowest BCUT2D eigenvalue weighted by molar-refractivity contribution is 0.102. The normalized spacial score (nSPS) is 11.2. The molecule has 4 N–H and O–H groups in total. The van der Waals surface area contributed by atoms with Crippen molar-refractivity contribution >= 4 is 40.0 Å². The summed E-state index contributed by atoms with van der Waals surface area (Å²) in [5.41, 5.74) is 7.25. The van der Waals surface area contributed by atoms with Crippen LogP contribution in [0.3, 0.4) is 0 Å². The molecule has 2 aromatic carbocycles. The minimum atomic E-state index is -0.210. The molecule has 0 saturated heterocycles. The molecule has 2 aromatic rings. The first kappa shape index (κ1) is 14.3. The molecule has 0 aromatic heterocycles. The van der Waals surface area contributed by atoms with E-state index in [-0.39, 0.29) is 11.7 Å². The molecule has 6 heteroatoms. The maximum atomic E-state index is 12.1. The summed E-state index contributed by atoms with van der Waals surface area (Å²) in [5, 5.41) is 14.3. The summed E-state index contributed by atoms with van der Waals surface area (Å²) in [6.07, 6.45) is 0. The van der Waals surface area contributed by atoms with E-state index >= 15 is 0 Å². The van der Waals surface area contributed by atoms with Gasteiger partial charge in [0.25, 0.3) is 5.91 Å². The summed E-state index contributed by atoms with van der Waals surface area (Å²) >= 11 is 2.18. The van der Waals surface area contributed by atoms with Crippen molar-refractivity contribution in [2.24, 2.45) is 10.9 Å². The zero-order chi connectivity index (χ0) is 14.5. The lowest BCUT2D eigenvalue weighted by Crippen LogP contribution is -2.15. The van der Waals surface area contributed by atoms with E-state index in [9.17, 15) is 4.79 Å². The van der Waals surface area contributed by atoms with Gasteiger partial charge in [0.15, 0.2) is 5.84 Å². The number of nitrogens with two attached hydrogens (primary N) is 1. The van der Waals surface area contributed by atoms with Gasteiger partial charge in [-0.3, -0.25) is 4.79 Å². The first-order valence-corrected chi connectivity index (χ1v) is 6.83. The van der Waals surface area contributed by atoms with Crippen LogP contribution in [-0.2, 0) is 0 Å². The molecule has 0 aliphatic rings. The third-order valence-corrected chi connectivity index (χ3v) is 3.30. The topological polar surface area (TPSA) is 87.7 Å². The molecular weight excluding hydrogens is 369 g/mol. The van der Waals surface area contributed by atoms with Gasteiger partial charge in [-0.2, -0.15) is 0 Å². The number of carbonyl (C=O) groups excluding carboxylic acids is 1. The average molecular weight is 381 g/mol. The minimum Gasteiger partial charge on any atom is -0.409 e. The Balaban J connectivity index is 2.14. The fourth-order valence-electron chi connectivity index (χ4n) is 1.62. The summed E-state index contributed by atoms with van der Waals surface area (Å²) in [4.78, 5) is 12.1. The van der Waals surface area contributed by atoms with Gasteiger partial charge in [0.2, 0.25) is 0 Å². The molecule has 102 valence electrons. The number of anilines is 1. The van der Waals surface area contributed by atoms with Gasteiger partial charge in [0.1, 0.15) is 0 Å². The molecule has 0 spiro atoms. The molecule has 5 nitrogen and oxygen atoms in total. The average Bonchev–Trinajstić information content (AvgIpc) is 2.46. The third kappa shape index (κ3) is 3.47. The highest BCUT2D eigenvalue weighted by molar-refractivity contribution is 14.1. The lowest BCUT2D eigenvalue weighted by Gasteiger charge is -2.06. The summed E-state index contributed by atoms with van der Waals surface area (Å²) in [5.74, 6) is -0.201. The summed E-state index contributed by atoms with van der Waals surface area (Å²) in [6, 6.07) is 14.0. The SMILES string of the molecule is N/C(=N\O)c1ccc(C(=O)Nc2cccc(I)c2)cc1. The van der Waals surface area contributed by atoms with Gasteiger partial charge in [-0.15, -0.1) is 0 Å². The highest BCUT2D eigenvalue weighted by Gasteiger charge is 2.07. The number of carbonyl (C=O) groups is 1. The van der Waals surface area contributed by atoms with Crippen molar-refractivity contribution < 1.29 is 10.0 Å². The van der Waals surface area contributed by atoms with Crippen LogP contribution in [0.1, 0.15) is 15.9 Å². The molecule has 0 aliphatic heterocycles. The van der Waals surface area contributed by atoms with Crippen molar-refractivity contribution in [2.45, 2.75) is 0 Å². The number of amidine groups is 1. The van der Waals surface area contributed by atoms with E-state index in [2.05, 4.69) is 33.1 Å². The summed E-state index contributed by atoms with van der Waals surface area (Å²) < 4.78 is 1.04. The monoisotopic (exact) mass is 381 g/mol. The van der Waals surface area contributed by atoms with Crippen LogP contribution in [0.15, 0.2) is 53.7 Å². The second kappa shape index (κ2) is 6.38. The predicted molar refractivity (Wildman–Crippen MR) is 86.1 cm³/mol. The zero-order valence-electron chi connectivity index (χ0n) is 10.4. The molecule has 1 amide bonds. The van der Waals surface area contributed by atoms with Gasteiger partial charge in [0.05, 0.1) is 0 Å². The van der Waals surface area contributed by atoms with E-state index in [0.29, 0.717) is 11.1 Å². The van der Waals surface area contributed by atoms with E-state index in [0.717, 1.165) is 9.26 Å². The number of oxime groups is 1. The molecular formula is C14H12IN3O2. The highest BCUT2D eigenvalue weighted by atomic mass is 127. The fraction of sp³-hybridized carbons (Fsp3) is 0. The summed E-state index contributed by atoms with van der Waals surface area (Å²) in [7, 11) is 0. The lowest BCUT2D eigenvalue weighted by atomic mass is 10.1. The van der Waals surface area contributed by atoms with Crippen molar-refractivity contribution in [3.05, 3.63) is 63.2 Å². The standard InChI is InChI=1S/C14H12IN3O2/c15-11-2-1-3-12(8-11)17-14(19)10-6-4-9(5-7-10)13(16)18-20/h1-8,20H,(H2,16,18)(H,17,19). The van der Waals surface area contributed by atoms with Crippen molar-refractivity contribution in [1.29, 1.82) is 0 Å².